The van der Waals surface area contributed by atoms with Gasteiger partial charge < -0.3 is 5.32 Å². The van der Waals surface area contributed by atoms with E-state index in [9.17, 15) is 14.4 Å². The molecule has 1 fully saturated rings. The van der Waals surface area contributed by atoms with Crippen LogP contribution in [-0.2, 0) is 10.3 Å². The Kier molecular flexibility index (Phi) is 3.56. The van der Waals surface area contributed by atoms with Gasteiger partial charge in [0.15, 0.2) is 0 Å². The van der Waals surface area contributed by atoms with Gasteiger partial charge in [0.2, 0.25) is 0 Å². The quantitative estimate of drug-likeness (QED) is 0.800. The number of benzene rings is 1. The molecule has 0 atom stereocenters. The molecule has 9 nitrogen and oxygen atoms in total. The van der Waals surface area contributed by atoms with Crippen molar-refractivity contribution in [2.24, 2.45) is 0 Å². The number of fused-ring (bicyclic) bond motifs is 1. The molecule has 1 aromatic heterocycles. The second-order valence-electron chi connectivity index (χ2n) is 6.34. The van der Waals surface area contributed by atoms with Crippen molar-refractivity contribution in [1.82, 2.24) is 25.5 Å². The number of rotatable bonds is 3. The highest BCUT2D eigenvalue weighted by Crippen LogP contribution is 2.35. The average molecular weight is 340 g/mol. The lowest BCUT2D eigenvalue weighted by atomic mass is 9.81. The highest BCUT2D eigenvalue weighted by atomic mass is 16.2. The first-order valence-electron chi connectivity index (χ1n) is 8.15. The van der Waals surface area contributed by atoms with Crippen LogP contribution in [0.4, 0.5) is 5.69 Å². The van der Waals surface area contributed by atoms with Gasteiger partial charge >= 0.3 is 0 Å². The van der Waals surface area contributed by atoms with Gasteiger partial charge in [0, 0.05) is 5.69 Å². The Morgan fingerprint density at radius 1 is 1.12 bits per heavy atom. The average Bonchev–Trinajstić information content (AvgIpc) is 3.25. The fourth-order valence-electron chi connectivity index (χ4n) is 3.55. The van der Waals surface area contributed by atoms with Gasteiger partial charge in [-0.15, -0.1) is 5.10 Å². The van der Waals surface area contributed by atoms with E-state index in [1.54, 1.807) is 6.07 Å². The first-order chi connectivity index (χ1) is 12.1. The minimum Gasteiger partial charge on any atom is -0.324 e. The van der Waals surface area contributed by atoms with Crippen LogP contribution in [0, 0.1) is 0 Å². The summed E-state index contributed by atoms with van der Waals surface area (Å²) < 4.78 is 1.52. The lowest BCUT2D eigenvalue weighted by molar-refractivity contribution is -0.126. The maximum Gasteiger partial charge on any atom is 0.259 e. The summed E-state index contributed by atoms with van der Waals surface area (Å²) >= 11 is 0. The van der Waals surface area contributed by atoms with Crippen molar-refractivity contribution in [3.63, 3.8) is 0 Å². The van der Waals surface area contributed by atoms with Crippen LogP contribution in [-0.4, -0.2) is 37.9 Å². The smallest absolute Gasteiger partial charge is 0.259 e. The van der Waals surface area contributed by atoms with Gasteiger partial charge in [0.1, 0.15) is 11.9 Å². The van der Waals surface area contributed by atoms with E-state index in [1.807, 2.05) is 0 Å². The number of imide groups is 1. The molecule has 128 valence electrons. The van der Waals surface area contributed by atoms with Crippen LogP contribution in [0.2, 0.25) is 0 Å². The summed E-state index contributed by atoms with van der Waals surface area (Å²) in [5, 5.41) is 16.4. The zero-order chi connectivity index (χ0) is 17.4. The van der Waals surface area contributed by atoms with Gasteiger partial charge in [-0.25, -0.2) is 4.68 Å². The van der Waals surface area contributed by atoms with Crippen molar-refractivity contribution >= 4 is 23.4 Å². The van der Waals surface area contributed by atoms with E-state index in [2.05, 4.69) is 26.2 Å². The molecule has 2 aliphatic rings. The Labute approximate surface area is 142 Å². The fraction of sp³-hybridized carbons (Fsp3) is 0.375. The summed E-state index contributed by atoms with van der Waals surface area (Å²) in [4.78, 5) is 36.4. The SMILES string of the molecule is O=C1NC(=O)c2cc(NC(=O)C3(n4cnnn4)CCCCC3)ccc21. The number of tetrazole rings is 1. The molecule has 0 radical (unpaired) electrons. The number of amides is 3. The van der Waals surface area contributed by atoms with Gasteiger partial charge in [0.25, 0.3) is 17.7 Å². The minimum absolute atomic E-state index is 0.218. The molecule has 2 N–H and O–H groups in total. The molecule has 2 aromatic rings. The van der Waals surface area contributed by atoms with Gasteiger partial charge in [-0.2, -0.15) is 0 Å². The maximum atomic E-state index is 13.0. The topological polar surface area (TPSA) is 119 Å². The van der Waals surface area contributed by atoms with Crippen molar-refractivity contribution in [1.29, 1.82) is 0 Å². The molecular weight excluding hydrogens is 324 g/mol. The van der Waals surface area contributed by atoms with Gasteiger partial charge in [0.05, 0.1) is 11.1 Å². The molecule has 9 heteroatoms. The van der Waals surface area contributed by atoms with Crippen LogP contribution in [0.25, 0.3) is 0 Å². The summed E-state index contributed by atoms with van der Waals surface area (Å²) in [5.41, 5.74) is 0.212. The second kappa shape index (κ2) is 5.76. The van der Waals surface area contributed by atoms with E-state index < -0.39 is 17.4 Å². The number of carbonyl (C=O) groups excluding carboxylic acids is 3. The van der Waals surface area contributed by atoms with Crippen LogP contribution in [0.15, 0.2) is 24.5 Å². The monoisotopic (exact) mass is 340 g/mol. The van der Waals surface area contributed by atoms with Crippen molar-refractivity contribution in [3.8, 4) is 0 Å². The Balaban J connectivity index is 1.64. The first-order valence-corrected chi connectivity index (χ1v) is 8.15. The third-order valence-electron chi connectivity index (χ3n) is 4.88. The number of aromatic nitrogens is 4. The van der Waals surface area contributed by atoms with Crippen LogP contribution in [0.5, 0.6) is 0 Å². The number of nitrogens with zero attached hydrogens (tertiary/aromatic N) is 4. The van der Waals surface area contributed by atoms with E-state index in [0.29, 0.717) is 24.1 Å². The van der Waals surface area contributed by atoms with E-state index in [1.165, 1.54) is 23.1 Å². The summed E-state index contributed by atoms with van der Waals surface area (Å²) in [6, 6.07) is 4.67. The predicted octanol–water partition coefficient (Wildman–Crippen LogP) is 0.855. The van der Waals surface area contributed by atoms with Crippen LogP contribution < -0.4 is 10.6 Å². The Bertz CT molecular complexity index is 855. The molecule has 1 saturated carbocycles. The highest BCUT2D eigenvalue weighted by Gasteiger charge is 2.42. The number of hydrogen-bond donors (Lipinski definition) is 2. The number of anilines is 1. The second-order valence-corrected chi connectivity index (χ2v) is 6.34. The molecule has 1 aliphatic carbocycles. The summed E-state index contributed by atoms with van der Waals surface area (Å²) in [6.07, 6.45) is 5.64. The summed E-state index contributed by atoms with van der Waals surface area (Å²) in [5.74, 6) is -1.09. The minimum atomic E-state index is -0.834. The van der Waals surface area contributed by atoms with Crippen molar-refractivity contribution in [3.05, 3.63) is 35.7 Å². The lowest BCUT2D eigenvalue weighted by Crippen LogP contribution is -2.47. The third-order valence-corrected chi connectivity index (χ3v) is 4.88. The van der Waals surface area contributed by atoms with Crippen molar-refractivity contribution in [2.75, 3.05) is 5.32 Å². The highest BCUT2D eigenvalue weighted by molar-refractivity contribution is 6.22. The molecule has 0 spiro atoms. The van der Waals surface area contributed by atoms with E-state index >= 15 is 0 Å². The standard InChI is InChI=1S/C16H16N6O3/c23-13-11-5-4-10(8-12(11)14(24)19-13)18-15(25)16(6-2-1-3-7-16)22-9-17-20-21-22/h4-5,8-9H,1-3,6-7H2,(H,18,25)(H,19,23,24). The maximum absolute atomic E-state index is 13.0. The normalized spacial score (nSPS) is 18.6. The van der Waals surface area contributed by atoms with Crippen molar-refractivity contribution in [2.45, 2.75) is 37.6 Å². The fourth-order valence-corrected chi connectivity index (χ4v) is 3.55. The number of nitrogens with one attached hydrogen (secondary N) is 2. The largest absolute Gasteiger partial charge is 0.324 e. The van der Waals surface area contributed by atoms with Crippen LogP contribution in [0.1, 0.15) is 52.8 Å². The Morgan fingerprint density at radius 2 is 1.88 bits per heavy atom. The van der Waals surface area contributed by atoms with Crippen molar-refractivity contribution < 1.29 is 14.4 Å². The zero-order valence-corrected chi connectivity index (χ0v) is 13.4. The molecule has 1 aromatic carbocycles. The molecule has 25 heavy (non-hydrogen) atoms. The summed E-state index contributed by atoms with van der Waals surface area (Å²) in [7, 11) is 0. The lowest BCUT2D eigenvalue weighted by Gasteiger charge is -2.35. The van der Waals surface area contributed by atoms with Gasteiger partial charge in [-0.05, 0) is 41.5 Å². The van der Waals surface area contributed by atoms with Gasteiger partial charge in [-0.1, -0.05) is 19.3 Å². The van der Waals surface area contributed by atoms with E-state index in [-0.39, 0.29) is 11.5 Å². The van der Waals surface area contributed by atoms with E-state index in [0.717, 1.165) is 19.3 Å². The summed E-state index contributed by atoms with van der Waals surface area (Å²) in [6.45, 7) is 0. The molecule has 0 saturated heterocycles. The molecule has 0 bridgehead atoms. The molecular formula is C16H16N6O3. The van der Waals surface area contributed by atoms with Crippen LogP contribution >= 0.6 is 0 Å². The third kappa shape index (κ3) is 2.48. The molecule has 4 rings (SSSR count). The molecule has 3 amide bonds. The zero-order valence-electron chi connectivity index (χ0n) is 13.4. The molecule has 0 unspecified atom stereocenters. The number of carbonyl (C=O) groups is 3. The molecule has 1 aliphatic heterocycles. The number of hydrogen-bond acceptors (Lipinski definition) is 6. The van der Waals surface area contributed by atoms with Crippen LogP contribution in [0.3, 0.4) is 0 Å². The first kappa shape index (κ1) is 15.4. The Morgan fingerprint density at radius 3 is 2.60 bits per heavy atom. The van der Waals surface area contributed by atoms with Gasteiger partial charge in [-0.3, -0.25) is 19.7 Å². The predicted molar refractivity (Wildman–Crippen MR) is 85.7 cm³/mol. The van der Waals surface area contributed by atoms with E-state index in [4.69, 9.17) is 0 Å². The molecule has 2 heterocycles. The Hall–Kier alpha value is -3.10.